The third kappa shape index (κ3) is 2.98. The molecule has 1 saturated heterocycles. The van der Waals surface area contributed by atoms with Crippen molar-refractivity contribution >= 4 is 0 Å². The summed E-state index contributed by atoms with van der Waals surface area (Å²) in [6.45, 7) is 1.20. The van der Waals surface area contributed by atoms with Crippen molar-refractivity contribution in [1.82, 2.24) is 4.90 Å². The van der Waals surface area contributed by atoms with Gasteiger partial charge in [-0.3, -0.25) is 0 Å². The van der Waals surface area contributed by atoms with Gasteiger partial charge in [-0.25, -0.2) is 0 Å². The zero-order valence-corrected chi connectivity index (χ0v) is 12.8. The van der Waals surface area contributed by atoms with Crippen molar-refractivity contribution in [3.63, 3.8) is 0 Å². The van der Waals surface area contributed by atoms with Crippen LogP contribution in [0.5, 0.6) is 11.5 Å². The molecule has 0 bridgehead atoms. The van der Waals surface area contributed by atoms with E-state index < -0.39 is 5.41 Å². The van der Waals surface area contributed by atoms with Crippen LogP contribution < -0.4 is 4.74 Å². The van der Waals surface area contributed by atoms with E-state index in [-0.39, 0.29) is 0 Å². The van der Waals surface area contributed by atoms with Gasteiger partial charge in [-0.2, -0.15) is 10.5 Å². The fourth-order valence-corrected chi connectivity index (χ4v) is 3.00. The second kappa shape index (κ2) is 6.42. The summed E-state index contributed by atoms with van der Waals surface area (Å²) in [4.78, 5) is 1.70. The maximum atomic E-state index is 9.84. The lowest BCUT2D eigenvalue weighted by atomic mass is 9.73. The quantitative estimate of drug-likeness (QED) is 0.809. The standard InChI is InChI=1S/C19H17N3O/c20-14-19(10-12-22(15-21)13-11-19)17-8-4-5-9-18(17)23-16-6-2-1-3-7-16/h1-9H,10-13H2. The van der Waals surface area contributed by atoms with E-state index in [1.165, 1.54) is 0 Å². The SMILES string of the molecule is N#CN1CCC(C#N)(c2ccccc2Oc2ccccc2)CC1. The topological polar surface area (TPSA) is 60.0 Å². The Morgan fingerprint density at radius 3 is 2.22 bits per heavy atom. The van der Waals surface area contributed by atoms with Crippen LogP contribution in [0, 0.1) is 22.8 Å². The zero-order valence-electron chi connectivity index (χ0n) is 12.8. The number of nitriles is 2. The minimum Gasteiger partial charge on any atom is -0.457 e. The van der Waals surface area contributed by atoms with Crippen molar-refractivity contribution in [2.45, 2.75) is 18.3 Å². The molecule has 114 valence electrons. The van der Waals surface area contributed by atoms with Crippen molar-refractivity contribution in [2.75, 3.05) is 13.1 Å². The number of rotatable bonds is 3. The van der Waals surface area contributed by atoms with Crippen LogP contribution in [-0.2, 0) is 5.41 Å². The van der Waals surface area contributed by atoms with Crippen LogP contribution in [0.1, 0.15) is 18.4 Å². The maximum Gasteiger partial charge on any atom is 0.179 e. The lowest BCUT2D eigenvalue weighted by Gasteiger charge is -2.35. The molecule has 0 radical (unpaired) electrons. The Morgan fingerprint density at radius 2 is 1.57 bits per heavy atom. The summed E-state index contributed by atoms with van der Waals surface area (Å²) in [5.41, 5.74) is 0.308. The first kappa shape index (κ1) is 14.9. The van der Waals surface area contributed by atoms with Crippen LogP contribution >= 0.6 is 0 Å². The molecule has 0 spiro atoms. The molecular weight excluding hydrogens is 286 g/mol. The van der Waals surface area contributed by atoms with Gasteiger partial charge in [-0.15, -0.1) is 0 Å². The highest BCUT2D eigenvalue weighted by Gasteiger charge is 2.38. The van der Waals surface area contributed by atoms with Crippen LogP contribution in [0.3, 0.4) is 0 Å². The summed E-state index contributed by atoms with van der Waals surface area (Å²) in [6.07, 6.45) is 3.43. The number of benzene rings is 2. The number of nitrogens with zero attached hydrogens (tertiary/aromatic N) is 3. The van der Waals surface area contributed by atoms with E-state index in [1.807, 2.05) is 54.6 Å². The molecule has 0 amide bonds. The van der Waals surface area contributed by atoms with Crippen LogP contribution in [0.15, 0.2) is 54.6 Å². The average molecular weight is 303 g/mol. The summed E-state index contributed by atoms with van der Waals surface area (Å²) < 4.78 is 6.01. The molecule has 4 heteroatoms. The van der Waals surface area contributed by atoms with E-state index in [9.17, 15) is 5.26 Å². The van der Waals surface area contributed by atoms with Gasteiger partial charge in [0.05, 0.1) is 11.5 Å². The predicted molar refractivity (Wildman–Crippen MR) is 86.7 cm³/mol. The van der Waals surface area contributed by atoms with E-state index >= 15 is 0 Å². The van der Waals surface area contributed by atoms with Crippen molar-refractivity contribution in [2.24, 2.45) is 0 Å². The number of ether oxygens (including phenoxy) is 1. The Kier molecular flexibility index (Phi) is 4.17. The lowest BCUT2D eigenvalue weighted by molar-refractivity contribution is 0.252. The van der Waals surface area contributed by atoms with Gasteiger partial charge in [0.1, 0.15) is 11.5 Å². The molecule has 1 heterocycles. The molecule has 0 aromatic heterocycles. The molecule has 2 aromatic rings. The molecule has 0 aliphatic carbocycles. The first-order valence-electron chi connectivity index (χ1n) is 7.66. The minimum atomic E-state index is -0.598. The van der Waals surface area contributed by atoms with E-state index in [4.69, 9.17) is 10.00 Å². The summed E-state index contributed by atoms with van der Waals surface area (Å²) in [5, 5.41) is 18.9. The highest BCUT2D eigenvalue weighted by molar-refractivity contribution is 5.46. The van der Waals surface area contributed by atoms with E-state index in [0.717, 1.165) is 11.3 Å². The van der Waals surface area contributed by atoms with Crippen molar-refractivity contribution in [3.05, 3.63) is 60.2 Å². The Balaban J connectivity index is 1.93. The van der Waals surface area contributed by atoms with E-state index in [2.05, 4.69) is 12.3 Å². The largest absolute Gasteiger partial charge is 0.457 e. The molecular formula is C19H17N3O. The molecule has 0 saturated carbocycles. The average Bonchev–Trinajstić information content (AvgIpc) is 2.63. The molecule has 3 rings (SSSR count). The fourth-order valence-electron chi connectivity index (χ4n) is 3.00. The maximum absolute atomic E-state index is 9.84. The second-order valence-electron chi connectivity index (χ2n) is 5.69. The third-order valence-corrected chi connectivity index (χ3v) is 4.35. The second-order valence-corrected chi connectivity index (χ2v) is 5.69. The Morgan fingerprint density at radius 1 is 0.913 bits per heavy atom. The molecule has 1 fully saturated rings. The van der Waals surface area contributed by atoms with Gasteiger partial charge >= 0.3 is 0 Å². The van der Waals surface area contributed by atoms with Gasteiger partial charge in [0.2, 0.25) is 0 Å². The summed E-state index contributed by atoms with van der Waals surface area (Å²) >= 11 is 0. The molecule has 2 aromatic carbocycles. The monoisotopic (exact) mass is 303 g/mol. The summed E-state index contributed by atoms with van der Waals surface area (Å²) in [5.74, 6) is 1.47. The van der Waals surface area contributed by atoms with Gasteiger partial charge in [0.15, 0.2) is 6.19 Å². The van der Waals surface area contributed by atoms with Gasteiger partial charge < -0.3 is 9.64 Å². The Bertz CT molecular complexity index is 750. The lowest BCUT2D eigenvalue weighted by Crippen LogP contribution is -2.39. The first-order valence-corrected chi connectivity index (χ1v) is 7.66. The van der Waals surface area contributed by atoms with Crippen molar-refractivity contribution < 1.29 is 4.74 Å². The third-order valence-electron chi connectivity index (χ3n) is 4.35. The van der Waals surface area contributed by atoms with Crippen LogP contribution in [-0.4, -0.2) is 18.0 Å². The molecule has 4 nitrogen and oxygen atoms in total. The summed E-state index contributed by atoms with van der Waals surface area (Å²) in [7, 11) is 0. The zero-order chi connectivity index (χ0) is 16.1. The molecule has 1 aliphatic heterocycles. The fraction of sp³-hybridized carbons (Fsp3) is 0.263. The van der Waals surface area contributed by atoms with Crippen molar-refractivity contribution in [3.8, 4) is 23.8 Å². The van der Waals surface area contributed by atoms with Gasteiger partial charge in [0.25, 0.3) is 0 Å². The first-order chi connectivity index (χ1) is 11.3. The van der Waals surface area contributed by atoms with Gasteiger partial charge in [-0.1, -0.05) is 36.4 Å². The van der Waals surface area contributed by atoms with Crippen LogP contribution in [0.2, 0.25) is 0 Å². The number of hydrogen-bond donors (Lipinski definition) is 0. The van der Waals surface area contributed by atoms with Crippen LogP contribution in [0.25, 0.3) is 0 Å². The smallest absolute Gasteiger partial charge is 0.179 e. The Hall–Kier alpha value is -2.98. The minimum absolute atomic E-state index is 0.598. The summed E-state index contributed by atoms with van der Waals surface area (Å²) in [6, 6.07) is 19.8. The highest BCUT2D eigenvalue weighted by atomic mass is 16.5. The highest BCUT2D eigenvalue weighted by Crippen LogP contribution is 2.41. The molecule has 23 heavy (non-hydrogen) atoms. The number of likely N-dealkylation sites (tertiary alicyclic amines) is 1. The molecule has 1 aliphatic rings. The van der Waals surface area contributed by atoms with Gasteiger partial charge in [-0.05, 0) is 31.0 Å². The number of piperidine rings is 1. The van der Waals surface area contributed by atoms with Crippen molar-refractivity contribution in [1.29, 1.82) is 10.5 Å². The Labute approximate surface area is 136 Å². The van der Waals surface area contributed by atoms with E-state index in [0.29, 0.717) is 31.7 Å². The molecule has 0 atom stereocenters. The number of hydrogen-bond acceptors (Lipinski definition) is 4. The number of para-hydroxylation sites is 2. The molecule has 0 unspecified atom stereocenters. The predicted octanol–water partition coefficient (Wildman–Crippen LogP) is 3.82. The normalized spacial score (nSPS) is 16.2. The molecule has 0 N–H and O–H groups in total. The van der Waals surface area contributed by atoms with E-state index in [1.54, 1.807) is 4.90 Å². The van der Waals surface area contributed by atoms with Gasteiger partial charge in [0, 0.05) is 18.7 Å². The van der Waals surface area contributed by atoms with Crippen LogP contribution in [0.4, 0.5) is 0 Å².